The Hall–Kier alpha value is -2.73. The first-order chi connectivity index (χ1) is 11.0. The van der Waals surface area contributed by atoms with E-state index < -0.39 is 12.0 Å². The number of rotatable bonds is 5. The summed E-state index contributed by atoms with van der Waals surface area (Å²) in [5.41, 5.74) is 6.39. The number of halogens is 1. The number of carbonyl (C=O) groups excluding carboxylic acids is 2. The average molecular weight is 335 g/mol. The van der Waals surface area contributed by atoms with Crippen LogP contribution in [0.1, 0.15) is 15.9 Å². The minimum atomic E-state index is -0.709. The summed E-state index contributed by atoms with van der Waals surface area (Å²) < 4.78 is 10.4. The lowest BCUT2D eigenvalue weighted by molar-refractivity contribution is 0.0470. The van der Waals surface area contributed by atoms with Crippen molar-refractivity contribution in [3.8, 4) is 5.75 Å². The van der Waals surface area contributed by atoms with Crippen LogP contribution in [0.2, 0.25) is 5.02 Å². The van der Waals surface area contributed by atoms with Crippen molar-refractivity contribution in [1.29, 1.82) is 0 Å². The number of nitrogens with two attached hydrogens (primary N) is 1. The maximum atomic E-state index is 12.1. The number of hydrogen-bond acceptors (Lipinski definition) is 4. The monoisotopic (exact) mass is 334 g/mol. The van der Waals surface area contributed by atoms with Gasteiger partial charge in [0.05, 0.1) is 12.7 Å². The summed E-state index contributed by atoms with van der Waals surface area (Å²) in [4.78, 5) is 22.9. The first kappa shape index (κ1) is 16.6. The van der Waals surface area contributed by atoms with Crippen LogP contribution in [0.4, 0.5) is 10.5 Å². The van der Waals surface area contributed by atoms with Gasteiger partial charge in [0.25, 0.3) is 0 Å². The lowest BCUT2D eigenvalue weighted by Gasteiger charge is -2.10. The third-order valence-corrected chi connectivity index (χ3v) is 3.20. The molecule has 0 radical (unpaired) electrons. The van der Waals surface area contributed by atoms with Crippen molar-refractivity contribution in [1.82, 2.24) is 0 Å². The van der Waals surface area contributed by atoms with Crippen molar-refractivity contribution in [2.24, 2.45) is 5.73 Å². The number of ether oxygens (including phenoxy) is 2. The predicted octanol–water partition coefficient (Wildman–Crippen LogP) is 3.20. The lowest BCUT2D eigenvalue weighted by Crippen LogP contribution is -2.19. The summed E-state index contributed by atoms with van der Waals surface area (Å²) >= 11 is 5.93. The molecule has 7 heteroatoms. The zero-order valence-electron chi connectivity index (χ0n) is 12.3. The Morgan fingerprint density at radius 1 is 1.22 bits per heavy atom. The summed E-state index contributed by atoms with van der Waals surface area (Å²) in [6.45, 7) is 0.00996. The van der Waals surface area contributed by atoms with E-state index in [0.717, 1.165) is 0 Å². The van der Waals surface area contributed by atoms with E-state index in [-0.39, 0.29) is 12.2 Å². The van der Waals surface area contributed by atoms with Crippen LogP contribution in [0.25, 0.3) is 0 Å². The Morgan fingerprint density at radius 2 is 2.00 bits per heavy atom. The van der Waals surface area contributed by atoms with Crippen molar-refractivity contribution < 1.29 is 19.1 Å². The number of benzene rings is 2. The van der Waals surface area contributed by atoms with Crippen molar-refractivity contribution in [2.45, 2.75) is 6.61 Å². The molecule has 0 saturated heterocycles. The fourth-order valence-electron chi connectivity index (χ4n) is 1.95. The highest BCUT2D eigenvalue weighted by Gasteiger charge is 2.11. The number of hydrogen-bond donors (Lipinski definition) is 2. The Morgan fingerprint density at radius 3 is 2.70 bits per heavy atom. The highest BCUT2D eigenvalue weighted by atomic mass is 35.5. The molecule has 3 N–H and O–H groups in total. The maximum absolute atomic E-state index is 12.1. The topological polar surface area (TPSA) is 90.7 Å². The molecule has 0 saturated carbocycles. The van der Waals surface area contributed by atoms with Crippen LogP contribution in [-0.2, 0) is 11.3 Å². The second kappa shape index (κ2) is 7.51. The van der Waals surface area contributed by atoms with Crippen LogP contribution in [0.3, 0.4) is 0 Å². The number of amides is 2. The van der Waals surface area contributed by atoms with Gasteiger partial charge in [0, 0.05) is 16.3 Å². The first-order valence-electron chi connectivity index (χ1n) is 6.65. The van der Waals surface area contributed by atoms with E-state index in [4.69, 9.17) is 26.8 Å². The van der Waals surface area contributed by atoms with Gasteiger partial charge >= 0.3 is 12.0 Å². The second-order valence-corrected chi connectivity index (χ2v) is 5.04. The predicted molar refractivity (Wildman–Crippen MR) is 86.8 cm³/mol. The molecule has 120 valence electrons. The third-order valence-electron chi connectivity index (χ3n) is 2.97. The fourth-order valence-corrected chi connectivity index (χ4v) is 2.15. The van der Waals surface area contributed by atoms with Crippen LogP contribution >= 0.6 is 11.6 Å². The van der Waals surface area contributed by atoms with Crippen molar-refractivity contribution in [2.75, 3.05) is 12.4 Å². The Labute approximate surface area is 138 Å². The minimum Gasteiger partial charge on any atom is -0.496 e. The standard InChI is InChI=1S/C16H15ClN2O4/c1-22-14-6-5-12(17)7-11(14)9-23-15(20)10-3-2-4-13(8-10)19-16(18)21/h2-8H,9H2,1H3,(H3,18,19,21). The molecule has 0 aliphatic carbocycles. The number of methoxy groups -OCH3 is 1. The van der Waals surface area contributed by atoms with Gasteiger partial charge in [-0.2, -0.15) is 0 Å². The molecule has 0 aliphatic heterocycles. The fraction of sp³-hybridized carbons (Fsp3) is 0.125. The molecule has 0 aromatic heterocycles. The molecule has 0 bridgehead atoms. The molecule has 2 aromatic carbocycles. The molecule has 0 atom stereocenters. The molecular weight excluding hydrogens is 320 g/mol. The Kier molecular flexibility index (Phi) is 5.43. The minimum absolute atomic E-state index is 0.00996. The van der Waals surface area contributed by atoms with E-state index >= 15 is 0 Å². The van der Waals surface area contributed by atoms with Gasteiger partial charge in [-0.3, -0.25) is 0 Å². The van der Waals surface area contributed by atoms with Gasteiger partial charge in [0.2, 0.25) is 0 Å². The number of nitrogens with one attached hydrogen (secondary N) is 1. The highest BCUT2D eigenvalue weighted by Crippen LogP contribution is 2.23. The SMILES string of the molecule is COc1ccc(Cl)cc1COC(=O)c1cccc(NC(N)=O)c1. The van der Waals surface area contributed by atoms with Crippen molar-refractivity contribution >= 4 is 29.3 Å². The summed E-state index contributed by atoms with van der Waals surface area (Å²) in [5.74, 6) is 0.0338. The largest absolute Gasteiger partial charge is 0.496 e. The Balaban J connectivity index is 2.08. The molecule has 0 heterocycles. The molecular formula is C16H15ClN2O4. The molecule has 6 nitrogen and oxygen atoms in total. The second-order valence-electron chi connectivity index (χ2n) is 4.60. The van der Waals surface area contributed by atoms with Crippen molar-refractivity contribution in [3.05, 3.63) is 58.6 Å². The van der Waals surface area contributed by atoms with Gasteiger partial charge in [0.1, 0.15) is 12.4 Å². The molecule has 2 aromatic rings. The summed E-state index contributed by atoms with van der Waals surface area (Å²) in [6, 6.07) is 10.6. The van der Waals surface area contributed by atoms with Gasteiger partial charge < -0.3 is 20.5 Å². The van der Waals surface area contributed by atoms with Crippen molar-refractivity contribution in [3.63, 3.8) is 0 Å². The van der Waals surface area contributed by atoms with E-state index in [0.29, 0.717) is 22.0 Å². The van der Waals surface area contributed by atoms with Gasteiger partial charge in [-0.25, -0.2) is 9.59 Å². The van der Waals surface area contributed by atoms with E-state index in [9.17, 15) is 9.59 Å². The van der Waals surface area contributed by atoms with E-state index in [2.05, 4.69) is 5.32 Å². The molecule has 0 spiro atoms. The first-order valence-corrected chi connectivity index (χ1v) is 7.03. The van der Waals surface area contributed by atoms with Gasteiger partial charge in [-0.1, -0.05) is 17.7 Å². The van der Waals surface area contributed by atoms with E-state index in [1.165, 1.54) is 13.2 Å². The number of esters is 1. The molecule has 2 rings (SSSR count). The number of urea groups is 1. The normalized spacial score (nSPS) is 10.0. The van der Waals surface area contributed by atoms with E-state index in [1.807, 2.05) is 0 Å². The molecule has 23 heavy (non-hydrogen) atoms. The quantitative estimate of drug-likeness (QED) is 0.821. The zero-order chi connectivity index (χ0) is 16.8. The zero-order valence-corrected chi connectivity index (χ0v) is 13.1. The van der Waals surface area contributed by atoms with Crippen LogP contribution in [0.5, 0.6) is 5.75 Å². The number of carbonyl (C=O) groups is 2. The maximum Gasteiger partial charge on any atom is 0.338 e. The smallest absolute Gasteiger partial charge is 0.338 e. The number of anilines is 1. The molecule has 0 aliphatic rings. The molecule has 2 amide bonds. The average Bonchev–Trinajstić information content (AvgIpc) is 2.52. The number of primary amides is 1. The van der Waals surface area contributed by atoms with Gasteiger partial charge in [0.15, 0.2) is 0 Å². The summed E-state index contributed by atoms with van der Waals surface area (Å²) in [5, 5.41) is 2.91. The van der Waals surface area contributed by atoms with Crippen LogP contribution in [0.15, 0.2) is 42.5 Å². The third kappa shape index (κ3) is 4.62. The van der Waals surface area contributed by atoms with Crippen LogP contribution in [-0.4, -0.2) is 19.1 Å². The van der Waals surface area contributed by atoms with Gasteiger partial charge in [-0.15, -0.1) is 0 Å². The summed E-state index contributed by atoms with van der Waals surface area (Å²) in [7, 11) is 1.52. The van der Waals surface area contributed by atoms with Gasteiger partial charge in [-0.05, 0) is 36.4 Å². The lowest BCUT2D eigenvalue weighted by atomic mass is 10.2. The summed E-state index contributed by atoms with van der Waals surface area (Å²) in [6.07, 6.45) is 0. The van der Waals surface area contributed by atoms with Crippen LogP contribution < -0.4 is 15.8 Å². The molecule has 0 unspecified atom stereocenters. The Bertz CT molecular complexity index is 734. The molecule has 0 fully saturated rings. The highest BCUT2D eigenvalue weighted by molar-refractivity contribution is 6.30. The van der Waals surface area contributed by atoms with Crippen LogP contribution in [0, 0.1) is 0 Å². The van der Waals surface area contributed by atoms with E-state index in [1.54, 1.807) is 36.4 Å².